The molecule has 1 fully saturated rings. The standard InChI is InChI=1S/C22H18N4O3/c27-20(26-19-4-2-1-3-17(19)21(24-26)22(28)29)10-8-14-7-9-18-16(11-14)12-23-25(18)13-15-5-6-15/h1-4,7-12,15H,5-6,13H2,(H,28,29)/b10-8+. The van der Waals surface area contributed by atoms with E-state index in [0.29, 0.717) is 10.9 Å². The van der Waals surface area contributed by atoms with E-state index in [0.717, 1.165) is 33.6 Å². The Morgan fingerprint density at radius 3 is 2.76 bits per heavy atom. The maximum absolute atomic E-state index is 12.7. The molecule has 1 saturated carbocycles. The lowest BCUT2D eigenvalue weighted by molar-refractivity contribution is 0.0691. The number of fused-ring (bicyclic) bond motifs is 2. The van der Waals surface area contributed by atoms with Crippen molar-refractivity contribution in [1.82, 2.24) is 19.6 Å². The summed E-state index contributed by atoms with van der Waals surface area (Å²) in [6, 6.07) is 12.7. The number of hydrogen-bond acceptors (Lipinski definition) is 4. The molecule has 1 aliphatic rings. The monoisotopic (exact) mass is 386 g/mol. The van der Waals surface area contributed by atoms with Gasteiger partial charge in [0, 0.05) is 23.4 Å². The van der Waals surface area contributed by atoms with Crippen LogP contribution in [-0.4, -0.2) is 36.5 Å². The third-order valence-corrected chi connectivity index (χ3v) is 5.21. The highest BCUT2D eigenvalue weighted by atomic mass is 16.4. The average molecular weight is 386 g/mol. The lowest BCUT2D eigenvalue weighted by Crippen LogP contribution is -2.10. The SMILES string of the molecule is O=C(O)c1nn(C(=O)/C=C/c2ccc3c(cnn3CC3CC3)c2)c2ccccc12. The van der Waals surface area contributed by atoms with Crippen molar-refractivity contribution in [2.45, 2.75) is 19.4 Å². The first-order valence-corrected chi connectivity index (χ1v) is 9.49. The highest BCUT2D eigenvalue weighted by Gasteiger charge is 2.22. The van der Waals surface area contributed by atoms with Crippen LogP contribution in [0.2, 0.25) is 0 Å². The fourth-order valence-electron chi connectivity index (χ4n) is 3.53. The molecule has 29 heavy (non-hydrogen) atoms. The van der Waals surface area contributed by atoms with Crippen LogP contribution in [0.5, 0.6) is 0 Å². The topological polar surface area (TPSA) is 90.0 Å². The maximum Gasteiger partial charge on any atom is 0.357 e. The van der Waals surface area contributed by atoms with Crippen LogP contribution in [0.1, 0.15) is 33.7 Å². The Balaban J connectivity index is 1.43. The Kier molecular flexibility index (Phi) is 4.01. The van der Waals surface area contributed by atoms with Gasteiger partial charge in [0.2, 0.25) is 0 Å². The maximum atomic E-state index is 12.7. The lowest BCUT2D eigenvalue weighted by atomic mass is 10.1. The summed E-state index contributed by atoms with van der Waals surface area (Å²) >= 11 is 0. The number of nitrogens with zero attached hydrogens (tertiary/aromatic N) is 4. The van der Waals surface area contributed by atoms with Gasteiger partial charge in [-0.25, -0.2) is 4.79 Å². The largest absolute Gasteiger partial charge is 0.476 e. The van der Waals surface area contributed by atoms with Crippen molar-refractivity contribution in [1.29, 1.82) is 0 Å². The molecule has 5 rings (SSSR count). The van der Waals surface area contributed by atoms with Gasteiger partial charge in [-0.2, -0.15) is 14.9 Å². The van der Waals surface area contributed by atoms with Crippen molar-refractivity contribution in [3.63, 3.8) is 0 Å². The molecule has 0 atom stereocenters. The minimum Gasteiger partial charge on any atom is -0.476 e. The molecule has 4 aromatic rings. The van der Waals surface area contributed by atoms with Crippen LogP contribution in [-0.2, 0) is 6.54 Å². The Morgan fingerprint density at radius 2 is 1.97 bits per heavy atom. The van der Waals surface area contributed by atoms with E-state index in [4.69, 9.17) is 0 Å². The second kappa shape index (κ2) is 6.70. The second-order valence-corrected chi connectivity index (χ2v) is 7.34. The number of allylic oxidation sites excluding steroid dienone is 1. The normalized spacial score (nSPS) is 14.2. The van der Waals surface area contributed by atoms with E-state index in [2.05, 4.69) is 10.2 Å². The van der Waals surface area contributed by atoms with Gasteiger partial charge in [0.15, 0.2) is 5.69 Å². The van der Waals surface area contributed by atoms with Gasteiger partial charge in [0.05, 0.1) is 17.2 Å². The fourth-order valence-corrected chi connectivity index (χ4v) is 3.53. The van der Waals surface area contributed by atoms with Gasteiger partial charge in [-0.3, -0.25) is 9.48 Å². The lowest BCUT2D eigenvalue weighted by Gasteiger charge is -2.02. The molecule has 7 heteroatoms. The van der Waals surface area contributed by atoms with Gasteiger partial charge >= 0.3 is 5.97 Å². The molecule has 0 saturated heterocycles. The van der Waals surface area contributed by atoms with Crippen molar-refractivity contribution in [2.75, 3.05) is 0 Å². The highest BCUT2D eigenvalue weighted by molar-refractivity contribution is 6.06. The molecule has 2 aromatic heterocycles. The first-order valence-electron chi connectivity index (χ1n) is 9.49. The number of hydrogen-bond donors (Lipinski definition) is 1. The van der Waals surface area contributed by atoms with Crippen molar-refractivity contribution < 1.29 is 14.7 Å². The summed E-state index contributed by atoms with van der Waals surface area (Å²) in [7, 11) is 0. The second-order valence-electron chi connectivity index (χ2n) is 7.34. The van der Waals surface area contributed by atoms with Crippen molar-refractivity contribution in [3.8, 4) is 0 Å². The van der Waals surface area contributed by atoms with Gasteiger partial charge in [-0.05, 0) is 48.6 Å². The minimum atomic E-state index is -1.16. The zero-order valence-electron chi connectivity index (χ0n) is 15.5. The van der Waals surface area contributed by atoms with E-state index < -0.39 is 11.9 Å². The molecule has 1 aliphatic carbocycles. The van der Waals surface area contributed by atoms with Gasteiger partial charge in [-0.15, -0.1) is 0 Å². The summed E-state index contributed by atoms with van der Waals surface area (Å²) in [5.74, 6) is -0.821. The molecule has 144 valence electrons. The summed E-state index contributed by atoms with van der Waals surface area (Å²) in [6.07, 6.45) is 7.50. The Labute approximate surface area is 165 Å². The molecule has 0 amide bonds. The van der Waals surface area contributed by atoms with Crippen LogP contribution in [0.3, 0.4) is 0 Å². The molecule has 2 heterocycles. The minimum absolute atomic E-state index is 0.133. The predicted octanol–water partition coefficient (Wildman–Crippen LogP) is 3.85. The number of carbonyl (C=O) groups excluding carboxylic acids is 1. The van der Waals surface area contributed by atoms with Crippen LogP contribution in [0, 0.1) is 5.92 Å². The molecule has 2 aromatic carbocycles. The summed E-state index contributed by atoms with van der Waals surface area (Å²) in [4.78, 5) is 24.1. The van der Waals surface area contributed by atoms with Crippen LogP contribution in [0.25, 0.3) is 27.9 Å². The third kappa shape index (κ3) is 3.20. The smallest absolute Gasteiger partial charge is 0.357 e. The van der Waals surface area contributed by atoms with E-state index in [1.165, 1.54) is 18.9 Å². The molecule has 1 N–H and O–H groups in total. The van der Waals surface area contributed by atoms with Gasteiger partial charge < -0.3 is 5.11 Å². The Bertz CT molecular complexity index is 1290. The number of benzene rings is 2. The van der Waals surface area contributed by atoms with Crippen LogP contribution in [0.15, 0.2) is 54.7 Å². The van der Waals surface area contributed by atoms with Gasteiger partial charge in [-0.1, -0.05) is 24.3 Å². The third-order valence-electron chi connectivity index (χ3n) is 5.21. The number of carboxylic acids is 1. The number of aromatic nitrogens is 4. The first-order chi connectivity index (χ1) is 14.1. The molecule has 0 aliphatic heterocycles. The number of carboxylic acid groups (broad SMARTS) is 1. The van der Waals surface area contributed by atoms with Crippen LogP contribution >= 0.6 is 0 Å². The molecular weight excluding hydrogens is 368 g/mol. The Hall–Kier alpha value is -3.74. The molecular formula is C22H18N4O3. The molecule has 0 radical (unpaired) electrons. The Morgan fingerprint density at radius 1 is 1.14 bits per heavy atom. The summed E-state index contributed by atoms with van der Waals surface area (Å²) in [6.45, 7) is 0.954. The quantitative estimate of drug-likeness (QED) is 0.526. The van der Waals surface area contributed by atoms with Crippen molar-refractivity contribution in [2.24, 2.45) is 5.92 Å². The molecule has 0 unspecified atom stereocenters. The van der Waals surface area contributed by atoms with E-state index in [1.54, 1.807) is 30.3 Å². The highest BCUT2D eigenvalue weighted by Crippen LogP contribution is 2.31. The number of carbonyl (C=O) groups is 2. The predicted molar refractivity (Wildman–Crippen MR) is 109 cm³/mol. The summed E-state index contributed by atoms with van der Waals surface area (Å²) in [5.41, 5.74) is 2.29. The van der Waals surface area contributed by atoms with Crippen molar-refractivity contribution >= 4 is 39.8 Å². The molecule has 0 spiro atoms. The number of aromatic carboxylic acids is 1. The summed E-state index contributed by atoms with van der Waals surface area (Å²) < 4.78 is 3.16. The van der Waals surface area contributed by atoms with E-state index in [1.807, 2.05) is 29.1 Å². The molecule has 0 bridgehead atoms. The van der Waals surface area contributed by atoms with E-state index in [9.17, 15) is 14.7 Å². The number of para-hydroxylation sites is 1. The van der Waals surface area contributed by atoms with Gasteiger partial charge in [0.25, 0.3) is 5.91 Å². The average Bonchev–Trinajstić information content (AvgIpc) is 3.32. The van der Waals surface area contributed by atoms with E-state index >= 15 is 0 Å². The summed E-state index contributed by atoms with van der Waals surface area (Å²) in [5, 5.41) is 19.3. The molecule has 7 nitrogen and oxygen atoms in total. The zero-order chi connectivity index (χ0) is 20.0. The first kappa shape index (κ1) is 17.4. The van der Waals surface area contributed by atoms with Crippen molar-refractivity contribution in [3.05, 3.63) is 66.0 Å². The van der Waals surface area contributed by atoms with Gasteiger partial charge in [0.1, 0.15) is 0 Å². The van der Waals surface area contributed by atoms with Crippen LogP contribution in [0.4, 0.5) is 0 Å². The number of rotatable bonds is 5. The zero-order valence-corrected chi connectivity index (χ0v) is 15.5. The van der Waals surface area contributed by atoms with Crippen LogP contribution < -0.4 is 0 Å². The van der Waals surface area contributed by atoms with E-state index in [-0.39, 0.29) is 5.69 Å². The fraction of sp³-hybridized carbons (Fsp3) is 0.182.